The maximum Gasteiger partial charge on any atom is 0.240 e. The molecule has 1 rings (SSSR count). The number of benzene rings is 1. The van der Waals surface area contributed by atoms with E-state index in [1.807, 2.05) is 25.1 Å². The Bertz CT molecular complexity index is 298. The molecule has 0 heterocycles. The second kappa shape index (κ2) is 3.59. The van der Waals surface area contributed by atoms with Gasteiger partial charge in [-0.3, -0.25) is 4.79 Å². The molecule has 0 aliphatic heterocycles. The van der Waals surface area contributed by atoms with Crippen molar-refractivity contribution in [1.82, 2.24) is 0 Å². The van der Waals surface area contributed by atoms with Gasteiger partial charge in [-0.05, 0) is 18.1 Å². The van der Waals surface area contributed by atoms with Crippen molar-refractivity contribution in [3.8, 4) is 0 Å². The Balaban J connectivity index is 3.02. The third-order valence-electron chi connectivity index (χ3n) is 1.71. The molecule has 1 unspecified atom stereocenters. The van der Waals surface area contributed by atoms with E-state index < -0.39 is 11.3 Å². The summed E-state index contributed by atoms with van der Waals surface area (Å²) in [6.45, 7) is 1.90. The molecular weight excluding hydrogens is 174 g/mol. The van der Waals surface area contributed by atoms with Crippen molar-refractivity contribution in [3.05, 3.63) is 35.4 Å². The summed E-state index contributed by atoms with van der Waals surface area (Å²) in [4.78, 5) is 10.7. The average molecular weight is 184 g/mol. The van der Waals surface area contributed by atoms with Crippen LogP contribution in [0.25, 0.3) is 0 Å². The molecule has 1 aromatic carbocycles. The van der Waals surface area contributed by atoms with Crippen LogP contribution in [0, 0.1) is 6.92 Å². The number of carbonyl (C=O) groups excluding carboxylic acids is 1. The summed E-state index contributed by atoms with van der Waals surface area (Å²) >= 11 is 5.77. The van der Waals surface area contributed by atoms with Gasteiger partial charge < -0.3 is 5.73 Å². The van der Waals surface area contributed by atoms with Gasteiger partial charge in [0.2, 0.25) is 5.91 Å². The number of amides is 1. The summed E-state index contributed by atoms with van der Waals surface area (Å²) < 4.78 is 0. The quantitative estimate of drug-likeness (QED) is 0.698. The lowest BCUT2D eigenvalue weighted by molar-refractivity contribution is -0.117. The van der Waals surface area contributed by atoms with Crippen molar-refractivity contribution >= 4 is 17.5 Å². The summed E-state index contributed by atoms with van der Waals surface area (Å²) in [5.41, 5.74) is 6.83. The van der Waals surface area contributed by atoms with Crippen molar-refractivity contribution in [2.24, 2.45) is 5.73 Å². The van der Waals surface area contributed by atoms with Crippen molar-refractivity contribution in [3.63, 3.8) is 0 Å². The van der Waals surface area contributed by atoms with Gasteiger partial charge in [-0.25, -0.2) is 0 Å². The number of alkyl halides is 1. The van der Waals surface area contributed by atoms with Gasteiger partial charge in [0.15, 0.2) is 0 Å². The van der Waals surface area contributed by atoms with Crippen LogP contribution in [0.5, 0.6) is 0 Å². The topological polar surface area (TPSA) is 43.1 Å². The van der Waals surface area contributed by atoms with Crippen LogP contribution in [-0.2, 0) is 4.79 Å². The van der Waals surface area contributed by atoms with Gasteiger partial charge >= 0.3 is 0 Å². The Morgan fingerprint density at radius 1 is 1.50 bits per heavy atom. The minimum absolute atomic E-state index is 0.508. The molecule has 2 nitrogen and oxygen atoms in total. The number of primary amides is 1. The zero-order chi connectivity index (χ0) is 9.14. The van der Waals surface area contributed by atoms with Crippen molar-refractivity contribution in [2.45, 2.75) is 12.3 Å². The number of nitrogens with two attached hydrogens (primary N) is 1. The van der Waals surface area contributed by atoms with Gasteiger partial charge in [-0.2, -0.15) is 0 Å². The van der Waals surface area contributed by atoms with E-state index in [2.05, 4.69) is 0 Å². The normalized spacial score (nSPS) is 12.5. The highest BCUT2D eigenvalue weighted by molar-refractivity contribution is 6.30. The van der Waals surface area contributed by atoms with E-state index in [4.69, 9.17) is 17.3 Å². The molecule has 0 radical (unpaired) electrons. The minimum Gasteiger partial charge on any atom is -0.368 e. The first-order chi connectivity index (χ1) is 5.63. The SMILES string of the molecule is Cc1ccccc1C(Cl)C(N)=O. The monoisotopic (exact) mass is 183 g/mol. The fourth-order valence-corrected chi connectivity index (χ4v) is 1.27. The van der Waals surface area contributed by atoms with Gasteiger partial charge in [0.25, 0.3) is 0 Å². The van der Waals surface area contributed by atoms with Crippen molar-refractivity contribution in [1.29, 1.82) is 0 Å². The Morgan fingerprint density at radius 2 is 2.08 bits per heavy atom. The minimum atomic E-state index is -0.716. The van der Waals surface area contributed by atoms with Crippen LogP contribution in [0.1, 0.15) is 16.5 Å². The number of rotatable bonds is 2. The van der Waals surface area contributed by atoms with Gasteiger partial charge in [0, 0.05) is 0 Å². The molecule has 0 aliphatic carbocycles. The van der Waals surface area contributed by atoms with Crippen LogP contribution in [0.4, 0.5) is 0 Å². The van der Waals surface area contributed by atoms with Crippen molar-refractivity contribution < 1.29 is 4.79 Å². The van der Waals surface area contributed by atoms with Crippen LogP contribution >= 0.6 is 11.6 Å². The van der Waals surface area contributed by atoms with Gasteiger partial charge in [0.05, 0.1) is 0 Å². The first-order valence-electron chi connectivity index (χ1n) is 3.62. The molecule has 64 valence electrons. The molecule has 1 amide bonds. The predicted octanol–water partition coefficient (Wildman–Crippen LogP) is 1.76. The Morgan fingerprint density at radius 3 is 2.58 bits per heavy atom. The van der Waals surface area contributed by atoms with E-state index >= 15 is 0 Å². The Labute approximate surface area is 76.3 Å². The average Bonchev–Trinajstić information content (AvgIpc) is 2.04. The molecule has 0 aliphatic rings. The highest BCUT2D eigenvalue weighted by Crippen LogP contribution is 2.22. The zero-order valence-corrected chi connectivity index (χ0v) is 7.51. The fraction of sp³-hybridized carbons (Fsp3) is 0.222. The third-order valence-corrected chi connectivity index (χ3v) is 2.16. The van der Waals surface area contributed by atoms with Crippen LogP contribution in [0.15, 0.2) is 24.3 Å². The maximum atomic E-state index is 10.7. The highest BCUT2D eigenvalue weighted by Gasteiger charge is 2.15. The van der Waals surface area contributed by atoms with E-state index in [9.17, 15) is 4.79 Å². The number of hydrogen-bond acceptors (Lipinski definition) is 1. The Kier molecular flexibility index (Phi) is 2.71. The van der Waals surface area contributed by atoms with Crippen molar-refractivity contribution in [2.75, 3.05) is 0 Å². The molecular formula is C9H10ClNO. The standard InChI is InChI=1S/C9H10ClNO/c1-6-4-2-3-5-7(6)8(10)9(11)12/h2-5,8H,1H3,(H2,11,12). The van der Waals surface area contributed by atoms with Crippen LogP contribution < -0.4 is 5.73 Å². The molecule has 1 atom stereocenters. The first kappa shape index (κ1) is 9.07. The number of carbonyl (C=O) groups is 1. The molecule has 12 heavy (non-hydrogen) atoms. The van der Waals surface area contributed by atoms with E-state index in [-0.39, 0.29) is 0 Å². The Hall–Kier alpha value is -1.02. The lowest BCUT2D eigenvalue weighted by Gasteiger charge is -2.07. The molecule has 1 aromatic rings. The lowest BCUT2D eigenvalue weighted by atomic mass is 10.1. The van der Waals surface area contributed by atoms with E-state index in [0.29, 0.717) is 0 Å². The second-order valence-electron chi connectivity index (χ2n) is 2.62. The highest BCUT2D eigenvalue weighted by atomic mass is 35.5. The molecule has 2 N–H and O–H groups in total. The number of aryl methyl sites for hydroxylation is 1. The lowest BCUT2D eigenvalue weighted by Crippen LogP contribution is -2.17. The summed E-state index contributed by atoms with van der Waals surface area (Å²) in [7, 11) is 0. The predicted molar refractivity (Wildman–Crippen MR) is 49.0 cm³/mol. The van der Waals surface area contributed by atoms with E-state index in [1.165, 1.54) is 0 Å². The molecule has 0 saturated heterocycles. The molecule has 0 spiro atoms. The molecule has 0 saturated carbocycles. The first-order valence-corrected chi connectivity index (χ1v) is 4.05. The van der Waals surface area contributed by atoms with Crippen LogP contribution in [-0.4, -0.2) is 5.91 Å². The second-order valence-corrected chi connectivity index (χ2v) is 3.06. The number of halogens is 1. The summed E-state index contributed by atoms with van der Waals surface area (Å²) in [5.74, 6) is -0.508. The molecule has 3 heteroatoms. The van der Waals surface area contributed by atoms with Gasteiger partial charge in [0.1, 0.15) is 5.38 Å². The van der Waals surface area contributed by atoms with Crippen LogP contribution in [0.2, 0.25) is 0 Å². The largest absolute Gasteiger partial charge is 0.368 e. The number of hydrogen-bond donors (Lipinski definition) is 1. The van der Waals surface area contributed by atoms with Gasteiger partial charge in [-0.15, -0.1) is 11.6 Å². The fourth-order valence-electron chi connectivity index (χ4n) is 1.02. The van der Waals surface area contributed by atoms with Crippen LogP contribution in [0.3, 0.4) is 0 Å². The van der Waals surface area contributed by atoms with E-state index in [1.54, 1.807) is 6.07 Å². The summed E-state index contributed by atoms with van der Waals surface area (Å²) in [5, 5.41) is -0.716. The molecule has 0 aromatic heterocycles. The summed E-state index contributed by atoms with van der Waals surface area (Å²) in [6.07, 6.45) is 0. The van der Waals surface area contributed by atoms with E-state index in [0.717, 1.165) is 11.1 Å². The summed E-state index contributed by atoms with van der Waals surface area (Å²) in [6, 6.07) is 7.43. The smallest absolute Gasteiger partial charge is 0.240 e. The maximum absolute atomic E-state index is 10.7. The molecule has 0 fully saturated rings. The van der Waals surface area contributed by atoms with Gasteiger partial charge in [-0.1, -0.05) is 24.3 Å². The zero-order valence-electron chi connectivity index (χ0n) is 6.75. The molecule has 0 bridgehead atoms. The third kappa shape index (κ3) is 1.77.